The molecule has 0 bridgehead atoms. The Hall–Kier alpha value is -1.24. The quantitative estimate of drug-likeness (QED) is 0.508. The monoisotopic (exact) mass is 155 g/mol. The molecular formula is C3HN5OS. The zero-order valence-corrected chi connectivity index (χ0v) is 5.45. The van der Waals surface area contributed by atoms with Gasteiger partial charge in [-0.2, -0.15) is 0 Å². The Morgan fingerprint density at radius 2 is 2.40 bits per heavy atom. The number of fused-ring (bicyclic) bond motifs is 1. The summed E-state index contributed by atoms with van der Waals surface area (Å²) in [6.07, 6.45) is 1.37. The lowest BCUT2D eigenvalue weighted by Crippen LogP contribution is -2.06. The average molecular weight is 155 g/mol. The highest BCUT2D eigenvalue weighted by Crippen LogP contribution is 2.17. The van der Waals surface area contributed by atoms with Crippen molar-refractivity contribution in [2.24, 2.45) is 25.1 Å². The van der Waals surface area contributed by atoms with E-state index in [0.717, 1.165) is 0 Å². The van der Waals surface area contributed by atoms with Crippen molar-refractivity contribution in [3.8, 4) is 0 Å². The van der Waals surface area contributed by atoms with Crippen molar-refractivity contribution in [3.63, 3.8) is 0 Å². The summed E-state index contributed by atoms with van der Waals surface area (Å²) in [6.45, 7) is 0. The Morgan fingerprint density at radius 3 is 3.20 bits per heavy atom. The summed E-state index contributed by atoms with van der Waals surface area (Å²) in [5.41, 5.74) is 0.438. The summed E-state index contributed by atoms with van der Waals surface area (Å²) in [6, 6.07) is 0. The molecule has 0 saturated heterocycles. The predicted molar refractivity (Wildman–Crippen MR) is 33.4 cm³/mol. The molecule has 0 amide bonds. The maximum atomic E-state index is 10.8. The third-order valence-corrected chi connectivity index (χ3v) is 1.84. The van der Waals surface area contributed by atoms with Crippen LogP contribution in [0.1, 0.15) is 0 Å². The normalized spacial score (nSPS) is 27.8. The zero-order chi connectivity index (χ0) is 6.97. The summed E-state index contributed by atoms with van der Waals surface area (Å²) in [7, 11) is -1.49. The predicted octanol–water partition coefficient (Wildman–Crippen LogP) is 0.737. The number of hydrogen-bond donors (Lipinski definition) is 0. The van der Waals surface area contributed by atoms with Crippen molar-refractivity contribution < 1.29 is 4.21 Å². The van der Waals surface area contributed by atoms with Crippen molar-refractivity contribution in [2.75, 3.05) is 0 Å². The molecule has 0 aromatic rings. The minimum atomic E-state index is -1.49. The fourth-order valence-electron chi connectivity index (χ4n) is 0.570. The minimum Gasteiger partial charge on any atom is -0.226 e. The van der Waals surface area contributed by atoms with Crippen molar-refractivity contribution in [3.05, 3.63) is 11.9 Å². The van der Waals surface area contributed by atoms with Gasteiger partial charge in [-0.15, -0.1) is 15.3 Å². The van der Waals surface area contributed by atoms with Crippen LogP contribution in [-0.2, 0) is 11.0 Å². The molecular weight excluding hydrogens is 154 g/mol. The molecule has 1 atom stereocenters. The van der Waals surface area contributed by atoms with Crippen LogP contribution in [0.15, 0.2) is 37.0 Å². The summed E-state index contributed by atoms with van der Waals surface area (Å²) in [5.74, 6) is 0. The first-order valence-corrected chi connectivity index (χ1v) is 3.50. The third kappa shape index (κ3) is 0.637. The van der Waals surface area contributed by atoms with Crippen LogP contribution in [0.2, 0.25) is 0 Å². The SMILES string of the molecule is O=S1N=NC=C2N=NN=C21. The molecule has 2 aliphatic rings. The van der Waals surface area contributed by atoms with Gasteiger partial charge in [-0.05, 0) is 5.22 Å². The van der Waals surface area contributed by atoms with Gasteiger partial charge in [0.1, 0.15) is 5.70 Å². The molecule has 50 valence electrons. The first kappa shape index (κ1) is 5.54. The highest BCUT2D eigenvalue weighted by molar-refractivity contribution is 8.00. The maximum absolute atomic E-state index is 10.8. The fraction of sp³-hybridized carbons (Fsp3) is 0. The van der Waals surface area contributed by atoms with E-state index in [9.17, 15) is 4.21 Å². The Labute approximate surface area is 58.0 Å². The van der Waals surface area contributed by atoms with Crippen LogP contribution < -0.4 is 0 Å². The van der Waals surface area contributed by atoms with E-state index in [2.05, 4.69) is 25.1 Å². The van der Waals surface area contributed by atoms with Gasteiger partial charge < -0.3 is 0 Å². The van der Waals surface area contributed by atoms with Crippen LogP contribution in [0.4, 0.5) is 0 Å². The first-order chi connectivity index (χ1) is 4.88. The minimum absolute atomic E-state index is 0.287. The van der Waals surface area contributed by atoms with Crippen LogP contribution in [-0.4, -0.2) is 9.25 Å². The van der Waals surface area contributed by atoms with E-state index in [0.29, 0.717) is 5.70 Å². The molecule has 0 aromatic carbocycles. The zero-order valence-electron chi connectivity index (χ0n) is 4.63. The summed E-state index contributed by atoms with van der Waals surface area (Å²) >= 11 is 0. The fourth-order valence-corrected chi connectivity index (χ4v) is 1.16. The molecule has 2 aliphatic heterocycles. The van der Waals surface area contributed by atoms with Crippen LogP contribution in [0, 0.1) is 0 Å². The Kier molecular flexibility index (Phi) is 1.04. The van der Waals surface area contributed by atoms with Crippen LogP contribution in [0.25, 0.3) is 0 Å². The standard InChI is InChI=1S/C3HN5OS/c9-10-3-2(1-4-8-10)5-7-6-3/h1H. The molecule has 0 aliphatic carbocycles. The van der Waals surface area contributed by atoms with Gasteiger partial charge in [-0.1, -0.05) is 4.52 Å². The molecule has 0 fully saturated rings. The lowest BCUT2D eigenvalue weighted by molar-refractivity contribution is 0.689. The van der Waals surface area contributed by atoms with Gasteiger partial charge in [0.2, 0.25) is 16.0 Å². The van der Waals surface area contributed by atoms with Gasteiger partial charge in [-0.3, -0.25) is 0 Å². The maximum Gasteiger partial charge on any atom is 0.215 e. The molecule has 0 saturated carbocycles. The van der Waals surface area contributed by atoms with Crippen molar-refractivity contribution in [2.45, 2.75) is 0 Å². The molecule has 6 nitrogen and oxygen atoms in total. The van der Waals surface area contributed by atoms with Crippen LogP contribution in [0.5, 0.6) is 0 Å². The molecule has 2 rings (SSSR count). The Balaban J connectivity index is 2.54. The highest BCUT2D eigenvalue weighted by atomic mass is 32.2. The second-order valence-corrected chi connectivity index (χ2v) is 2.60. The van der Waals surface area contributed by atoms with E-state index in [1.54, 1.807) is 0 Å². The topological polar surface area (TPSA) is 78.9 Å². The lowest BCUT2D eigenvalue weighted by atomic mass is 10.5. The third-order valence-electron chi connectivity index (χ3n) is 0.974. The molecule has 0 radical (unpaired) electrons. The van der Waals surface area contributed by atoms with Gasteiger partial charge in [0.15, 0.2) is 0 Å². The van der Waals surface area contributed by atoms with Gasteiger partial charge in [0.25, 0.3) is 0 Å². The first-order valence-electron chi connectivity index (χ1n) is 2.40. The molecule has 1 unspecified atom stereocenters. The molecule has 0 aromatic heterocycles. The number of hydrogen-bond acceptors (Lipinski definition) is 5. The van der Waals surface area contributed by atoms with Crippen LogP contribution >= 0.6 is 0 Å². The smallest absolute Gasteiger partial charge is 0.215 e. The van der Waals surface area contributed by atoms with Crippen LogP contribution in [0.3, 0.4) is 0 Å². The van der Waals surface area contributed by atoms with E-state index >= 15 is 0 Å². The highest BCUT2D eigenvalue weighted by Gasteiger charge is 2.21. The molecule has 10 heavy (non-hydrogen) atoms. The second-order valence-electron chi connectivity index (χ2n) is 1.56. The molecule has 0 N–H and O–H groups in total. The molecule has 7 heteroatoms. The van der Waals surface area contributed by atoms with Crippen molar-refractivity contribution in [1.29, 1.82) is 0 Å². The van der Waals surface area contributed by atoms with E-state index in [1.807, 2.05) is 0 Å². The van der Waals surface area contributed by atoms with Crippen molar-refractivity contribution >= 4 is 16.0 Å². The molecule has 2 heterocycles. The van der Waals surface area contributed by atoms with Gasteiger partial charge in [-0.25, -0.2) is 4.21 Å². The van der Waals surface area contributed by atoms with Crippen molar-refractivity contribution in [1.82, 2.24) is 0 Å². The number of nitrogens with zero attached hydrogens (tertiary/aromatic N) is 5. The largest absolute Gasteiger partial charge is 0.226 e. The van der Waals surface area contributed by atoms with E-state index in [1.165, 1.54) is 6.20 Å². The van der Waals surface area contributed by atoms with Gasteiger partial charge >= 0.3 is 0 Å². The van der Waals surface area contributed by atoms with Gasteiger partial charge in [0.05, 0.1) is 6.20 Å². The Morgan fingerprint density at radius 1 is 1.50 bits per heavy atom. The Bertz CT molecular complexity index is 307. The summed E-state index contributed by atoms with van der Waals surface area (Å²) in [4.78, 5) is 0. The van der Waals surface area contributed by atoms with Gasteiger partial charge in [0, 0.05) is 0 Å². The van der Waals surface area contributed by atoms with E-state index in [4.69, 9.17) is 0 Å². The lowest BCUT2D eigenvalue weighted by Gasteiger charge is -1.95. The average Bonchev–Trinajstić information content (AvgIpc) is 2.36. The summed E-state index contributed by atoms with van der Waals surface area (Å²) < 4.78 is 14.2. The number of rotatable bonds is 0. The van der Waals surface area contributed by atoms with E-state index in [-0.39, 0.29) is 5.04 Å². The second kappa shape index (κ2) is 1.87. The summed E-state index contributed by atoms with van der Waals surface area (Å²) in [5, 5.41) is 14.1. The molecule has 0 spiro atoms. The van der Waals surface area contributed by atoms with E-state index < -0.39 is 11.0 Å².